The predicted molar refractivity (Wildman–Crippen MR) is 135 cm³/mol. The molecule has 4 rings (SSSR count). The van der Waals surface area contributed by atoms with Gasteiger partial charge in [-0.1, -0.05) is 30.3 Å². The number of carbonyl (C=O) groups excluding carboxylic acids is 3. The maximum Gasteiger partial charge on any atom is 0.335 e. The number of methoxy groups -OCH3 is 1. The number of nitrogens with zero attached hydrogens (tertiary/aromatic N) is 1. The minimum Gasteiger partial charge on any atom is -0.496 e. The standard InChI is InChI=1S/C26H20FIN2O4/c1-15-6-3-4-9-22(15)30-25(32)20(24(31)29-26(30)33)12-17-13-21(28)19(23(14-17)34-2)11-16-7-5-8-18(27)10-16/h3-10,12-14H,11H2,1-2H3,(H,29,31,33)/b20-12+. The Balaban J connectivity index is 1.72. The molecule has 1 heterocycles. The third-order valence-corrected chi connectivity index (χ3v) is 6.40. The third-order valence-electron chi connectivity index (χ3n) is 5.44. The molecule has 0 atom stereocenters. The van der Waals surface area contributed by atoms with Crippen molar-refractivity contribution in [3.8, 4) is 5.75 Å². The van der Waals surface area contributed by atoms with Crippen LogP contribution in [0, 0.1) is 16.3 Å². The van der Waals surface area contributed by atoms with Crippen LogP contribution in [0.2, 0.25) is 0 Å². The van der Waals surface area contributed by atoms with Crippen LogP contribution < -0.4 is 15.0 Å². The van der Waals surface area contributed by atoms with E-state index in [-0.39, 0.29) is 11.4 Å². The van der Waals surface area contributed by atoms with E-state index in [9.17, 15) is 18.8 Å². The number of rotatable bonds is 5. The largest absolute Gasteiger partial charge is 0.496 e. The first-order valence-electron chi connectivity index (χ1n) is 10.4. The van der Waals surface area contributed by atoms with E-state index in [1.165, 1.54) is 25.3 Å². The number of hydrogen-bond acceptors (Lipinski definition) is 4. The number of halogens is 2. The van der Waals surface area contributed by atoms with E-state index in [1.807, 2.05) is 6.07 Å². The molecule has 4 amide bonds. The first-order valence-corrected chi connectivity index (χ1v) is 11.4. The van der Waals surface area contributed by atoms with Crippen molar-refractivity contribution in [2.75, 3.05) is 12.0 Å². The summed E-state index contributed by atoms with van der Waals surface area (Å²) in [6.45, 7) is 1.78. The number of urea groups is 1. The number of carbonyl (C=O) groups is 3. The smallest absolute Gasteiger partial charge is 0.335 e. The molecule has 0 saturated carbocycles. The zero-order chi connectivity index (χ0) is 24.4. The summed E-state index contributed by atoms with van der Waals surface area (Å²) < 4.78 is 20.0. The number of barbiturate groups is 1. The van der Waals surface area contributed by atoms with E-state index in [0.717, 1.165) is 25.2 Å². The molecular formula is C26H20FIN2O4. The number of ether oxygens (including phenoxy) is 1. The lowest BCUT2D eigenvalue weighted by molar-refractivity contribution is -0.122. The van der Waals surface area contributed by atoms with Crippen molar-refractivity contribution in [1.82, 2.24) is 5.32 Å². The van der Waals surface area contributed by atoms with Gasteiger partial charge in [-0.3, -0.25) is 14.9 Å². The molecule has 1 N–H and O–H groups in total. The summed E-state index contributed by atoms with van der Waals surface area (Å²) in [6.07, 6.45) is 1.89. The number of hydrogen-bond donors (Lipinski definition) is 1. The molecular weight excluding hydrogens is 550 g/mol. The Bertz CT molecular complexity index is 1350. The minimum absolute atomic E-state index is 0.168. The van der Waals surface area contributed by atoms with E-state index in [0.29, 0.717) is 23.4 Å². The highest BCUT2D eigenvalue weighted by Gasteiger charge is 2.37. The van der Waals surface area contributed by atoms with E-state index < -0.39 is 17.8 Å². The maximum absolute atomic E-state index is 13.6. The normalized spacial score (nSPS) is 15.0. The van der Waals surface area contributed by atoms with E-state index >= 15 is 0 Å². The van der Waals surface area contributed by atoms with Gasteiger partial charge in [-0.25, -0.2) is 14.1 Å². The second kappa shape index (κ2) is 9.76. The Labute approximate surface area is 209 Å². The van der Waals surface area contributed by atoms with Crippen LogP contribution in [-0.2, 0) is 16.0 Å². The fourth-order valence-corrected chi connectivity index (χ4v) is 4.59. The molecule has 8 heteroatoms. The van der Waals surface area contributed by atoms with Gasteiger partial charge in [-0.15, -0.1) is 0 Å². The summed E-state index contributed by atoms with van der Waals surface area (Å²) in [5, 5.41) is 2.24. The van der Waals surface area contributed by atoms with Gasteiger partial charge in [0.15, 0.2) is 0 Å². The van der Waals surface area contributed by atoms with E-state index in [4.69, 9.17) is 4.74 Å². The summed E-state index contributed by atoms with van der Waals surface area (Å²) in [4.78, 5) is 39.2. The lowest BCUT2D eigenvalue weighted by Gasteiger charge is -2.27. The Morgan fingerprint density at radius 1 is 1.06 bits per heavy atom. The number of amides is 4. The van der Waals surface area contributed by atoms with Crippen LogP contribution in [0.3, 0.4) is 0 Å². The van der Waals surface area contributed by atoms with Gasteiger partial charge in [0.1, 0.15) is 17.1 Å². The van der Waals surface area contributed by atoms with Gasteiger partial charge in [-0.05, 0) is 82.6 Å². The Morgan fingerprint density at radius 3 is 2.53 bits per heavy atom. The highest BCUT2D eigenvalue weighted by Crippen LogP contribution is 2.31. The summed E-state index contributed by atoms with van der Waals surface area (Å²) >= 11 is 2.14. The molecule has 6 nitrogen and oxygen atoms in total. The molecule has 0 bridgehead atoms. The van der Waals surface area contributed by atoms with E-state index in [2.05, 4.69) is 27.9 Å². The van der Waals surface area contributed by atoms with Gasteiger partial charge in [0, 0.05) is 15.6 Å². The monoisotopic (exact) mass is 570 g/mol. The van der Waals surface area contributed by atoms with Crippen molar-refractivity contribution in [2.24, 2.45) is 0 Å². The van der Waals surface area contributed by atoms with Crippen molar-refractivity contribution < 1.29 is 23.5 Å². The molecule has 0 spiro atoms. The van der Waals surface area contributed by atoms with Crippen molar-refractivity contribution in [3.63, 3.8) is 0 Å². The molecule has 1 fully saturated rings. The summed E-state index contributed by atoms with van der Waals surface area (Å²) in [5.74, 6) is -1.25. The molecule has 0 aliphatic carbocycles. The van der Waals surface area contributed by atoms with Crippen LogP contribution in [0.1, 0.15) is 22.3 Å². The molecule has 3 aromatic carbocycles. The zero-order valence-corrected chi connectivity index (χ0v) is 20.6. The molecule has 0 unspecified atom stereocenters. The fraction of sp³-hybridized carbons (Fsp3) is 0.115. The fourth-order valence-electron chi connectivity index (χ4n) is 3.78. The van der Waals surface area contributed by atoms with Crippen LogP contribution in [0.4, 0.5) is 14.9 Å². The summed E-state index contributed by atoms with van der Waals surface area (Å²) in [7, 11) is 1.52. The molecule has 172 valence electrons. The summed E-state index contributed by atoms with van der Waals surface area (Å²) in [6, 6.07) is 16.0. The second-order valence-electron chi connectivity index (χ2n) is 7.73. The van der Waals surface area contributed by atoms with Crippen LogP contribution in [0.25, 0.3) is 6.08 Å². The van der Waals surface area contributed by atoms with Gasteiger partial charge in [0.2, 0.25) is 0 Å². The average molecular weight is 570 g/mol. The van der Waals surface area contributed by atoms with Crippen LogP contribution >= 0.6 is 22.6 Å². The molecule has 1 saturated heterocycles. The van der Waals surface area contributed by atoms with Crippen LogP contribution in [-0.4, -0.2) is 25.0 Å². The maximum atomic E-state index is 13.6. The van der Waals surface area contributed by atoms with Crippen LogP contribution in [0.15, 0.2) is 66.2 Å². The highest BCUT2D eigenvalue weighted by atomic mass is 127. The van der Waals surface area contributed by atoms with Gasteiger partial charge < -0.3 is 4.74 Å². The third kappa shape index (κ3) is 4.72. The molecule has 1 aliphatic heterocycles. The number of benzene rings is 3. The molecule has 0 radical (unpaired) electrons. The highest BCUT2D eigenvalue weighted by molar-refractivity contribution is 14.1. The predicted octanol–water partition coefficient (Wildman–Crippen LogP) is 5.00. The number of anilines is 1. The molecule has 34 heavy (non-hydrogen) atoms. The van der Waals surface area contributed by atoms with Gasteiger partial charge >= 0.3 is 6.03 Å². The van der Waals surface area contributed by atoms with Gasteiger partial charge in [0.25, 0.3) is 11.8 Å². The van der Waals surface area contributed by atoms with Crippen LogP contribution in [0.5, 0.6) is 5.75 Å². The molecule has 3 aromatic rings. The second-order valence-corrected chi connectivity index (χ2v) is 8.90. The van der Waals surface area contributed by atoms with Gasteiger partial charge in [-0.2, -0.15) is 0 Å². The van der Waals surface area contributed by atoms with Crippen molar-refractivity contribution in [1.29, 1.82) is 0 Å². The Kier molecular flexibility index (Phi) is 6.78. The first kappa shape index (κ1) is 23.6. The zero-order valence-electron chi connectivity index (χ0n) is 18.4. The SMILES string of the molecule is COc1cc(/C=C2\C(=O)NC(=O)N(c3ccccc3C)C2=O)cc(I)c1Cc1cccc(F)c1. The lowest BCUT2D eigenvalue weighted by Crippen LogP contribution is -2.54. The number of para-hydroxylation sites is 1. The Morgan fingerprint density at radius 2 is 1.82 bits per heavy atom. The van der Waals surface area contributed by atoms with Gasteiger partial charge in [0.05, 0.1) is 12.8 Å². The van der Waals surface area contributed by atoms with E-state index in [1.54, 1.807) is 49.4 Å². The molecule has 0 aromatic heterocycles. The quantitative estimate of drug-likeness (QED) is 0.266. The number of aryl methyl sites for hydroxylation is 1. The van der Waals surface area contributed by atoms with Crippen molar-refractivity contribution in [3.05, 3.63) is 97.9 Å². The number of imide groups is 2. The minimum atomic E-state index is -0.793. The Hall–Kier alpha value is -3.53. The van der Waals surface area contributed by atoms with Crippen molar-refractivity contribution >= 4 is 52.2 Å². The first-order chi connectivity index (χ1) is 16.3. The topological polar surface area (TPSA) is 75.7 Å². The number of nitrogens with one attached hydrogen (secondary N) is 1. The summed E-state index contributed by atoms with van der Waals surface area (Å²) in [5.41, 5.74) is 3.16. The lowest BCUT2D eigenvalue weighted by atomic mass is 10.0. The average Bonchev–Trinajstić information content (AvgIpc) is 2.79. The molecule has 1 aliphatic rings. The van der Waals surface area contributed by atoms with Crippen molar-refractivity contribution in [2.45, 2.75) is 13.3 Å².